The standard InChI is InChI=1S/C18H17N3O3S/c1-3-24-15-6-4-5-13(11-15)17(22)20-18-19-16(21-25-18)12-7-9-14(23-2)10-8-12/h4-11H,3H2,1-2H3,(H,19,20,21,22). The van der Waals surface area contributed by atoms with Crippen LogP contribution in [0.3, 0.4) is 0 Å². The van der Waals surface area contributed by atoms with Crippen LogP contribution in [0.4, 0.5) is 5.13 Å². The van der Waals surface area contributed by atoms with Crippen molar-refractivity contribution in [2.24, 2.45) is 0 Å². The van der Waals surface area contributed by atoms with E-state index in [-0.39, 0.29) is 5.91 Å². The fraction of sp³-hybridized carbons (Fsp3) is 0.167. The molecule has 1 aromatic heterocycles. The van der Waals surface area contributed by atoms with Crippen LogP contribution in [0.5, 0.6) is 11.5 Å². The molecule has 0 unspecified atom stereocenters. The van der Waals surface area contributed by atoms with Gasteiger partial charge in [0, 0.05) is 22.7 Å². The average molecular weight is 355 g/mol. The molecule has 7 heteroatoms. The molecular formula is C18H17N3O3S. The molecule has 6 nitrogen and oxygen atoms in total. The molecule has 0 aliphatic carbocycles. The first-order chi connectivity index (χ1) is 12.2. The number of amides is 1. The highest BCUT2D eigenvalue weighted by molar-refractivity contribution is 7.10. The van der Waals surface area contributed by atoms with Gasteiger partial charge in [-0.1, -0.05) is 6.07 Å². The van der Waals surface area contributed by atoms with Crippen molar-refractivity contribution in [3.8, 4) is 22.9 Å². The summed E-state index contributed by atoms with van der Waals surface area (Å²) in [5, 5.41) is 3.21. The minimum Gasteiger partial charge on any atom is -0.497 e. The number of rotatable bonds is 6. The summed E-state index contributed by atoms with van der Waals surface area (Å²) in [7, 11) is 1.62. The van der Waals surface area contributed by atoms with Gasteiger partial charge in [-0.15, -0.1) is 0 Å². The lowest BCUT2D eigenvalue weighted by atomic mass is 10.2. The number of carbonyl (C=O) groups excluding carboxylic acids is 1. The van der Waals surface area contributed by atoms with Crippen LogP contribution < -0.4 is 14.8 Å². The highest BCUT2D eigenvalue weighted by atomic mass is 32.1. The zero-order chi connectivity index (χ0) is 17.6. The summed E-state index contributed by atoms with van der Waals surface area (Å²) in [6, 6.07) is 14.4. The van der Waals surface area contributed by atoms with Gasteiger partial charge in [0.2, 0.25) is 5.13 Å². The first-order valence-electron chi connectivity index (χ1n) is 7.72. The number of nitrogens with zero attached hydrogens (tertiary/aromatic N) is 2. The number of anilines is 1. The van der Waals surface area contributed by atoms with E-state index in [1.807, 2.05) is 37.3 Å². The monoisotopic (exact) mass is 355 g/mol. The van der Waals surface area contributed by atoms with E-state index in [1.165, 1.54) is 0 Å². The van der Waals surface area contributed by atoms with Crippen molar-refractivity contribution in [3.05, 3.63) is 54.1 Å². The van der Waals surface area contributed by atoms with Gasteiger partial charge in [-0.2, -0.15) is 9.36 Å². The normalized spacial score (nSPS) is 10.3. The zero-order valence-corrected chi connectivity index (χ0v) is 14.7. The summed E-state index contributed by atoms with van der Waals surface area (Å²) in [5.41, 5.74) is 1.36. The summed E-state index contributed by atoms with van der Waals surface area (Å²) >= 11 is 1.14. The third-order valence-corrected chi connectivity index (χ3v) is 4.03. The Labute approximate surface area is 149 Å². The van der Waals surface area contributed by atoms with Crippen LogP contribution in [0.1, 0.15) is 17.3 Å². The maximum atomic E-state index is 12.4. The quantitative estimate of drug-likeness (QED) is 0.727. The fourth-order valence-electron chi connectivity index (χ4n) is 2.19. The second-order valence-electron chi connectivity index (χ2n) is 5.07. The van der Waals surface area contributed by atoms with E-state index >= 15 is 0 Å². The van der Waals surface area contributed by atoms with Crippen LogP contribution >= 0.6 is 11.5 Å². The molecule has 128 valence electrons. The lowest BCUT2D eigenvalue weighted by molar-refractivity contribution is 0.102. The minimum atomic E-state index is -0.251. The highest BCUT2D eigenvalue weighted by Crippen LogP contribution is 2.24. The number of ether oxygens (including phenoxy) is 2. The van der Waals surface area contributed by atoms with E-state index in [0.717, 1.165) is 22.8 Å². The summed E-state index contributed by atoms with van der Waals surface area (Å²) in [5.74, 6) is 1.73. The molecule has 3 rings (SSSR count). The van der Waals surface area contributed by atoms with E-state index in [0.29, 0.717) is 28.9 Å². The van der Waals surface area contributed by atoms with Crippen molar-refractivity contribution >= 4 is 22.6 Å². The molecule has 1 N–H and O–H groups in total. The van der Waals surface area contributed by atoms with Gasteiger partial charge in [-0.25, -0.2) is 0 Å². The van der Waals surface area contributed by atoms with Crippen LogP contribution in [0.2, 0.25) is 0 Å². The SMILES string of the molecule is CCOc1cccc(C(=O)Nc2nc(-c3ccc(OC)cc3)ns2)c1. The summed E-state index contributed by atoms with van der Waals surface area (Å²) in [4.78, 5) is 16.7. The number of benzene rings is 2. The molecule has 1 amide bonds. The molecule has 0 fully saturated rings. The van der Waals surface area contributed by atoms with Gasteiger partial charge in [-0.3, -0.25) is 10.1 Å². The molecule has 0 aliphatic rings. The van der Waals surface area contributed by atoms with Crippen LogP contribution in [-0.4, -0.2) is 29.0 Å². The number of nitrogens with one attached hydrogen (secondary N) is 1. The van der Waals surface area contributed by atoms with Crippen molar-refractivity contribution in [1.29, 1.82) is 0 Å². The van der Waals surface area contributed by atoms with Crippen molar-refractivity contribution in [1.82, 2.24) is 9.36 Å². The minimum absolute atomic E-state index is 0.251. The number of carbonyl (C=O) groups is 1. The maximum absolute atomic E-state index is 12.4. The molecule has 1 heterocycles. The summed E-state index contributed by atoms with van der Waals surface area (Å²) < 4.78 is 14.8. The highest BCUT2D eigenvalue weighted by Gasteiger charge is 2.12. The molecular weight excluding hydrogens is 338 g/mol. The van der Waals surface area contributed by atoms with Gasteiger partial charge >= 0.3 is 0 Å². The molecule has 0 radical (unpaired) electrons. The lowest BCUT2D eigenvalue weighted by Crippen LogP contribution is -2.11. The van der Waals surface area contributed by atoms with Crippen LogP contribution in [0.25, 0.3) is 11.4 Å². The Morgan fingerprint density at radius 3 is 2.68 bits per heavy atom. The summed E-state index contributed by atoms with van der Waals surface area (Å²) in [6.07, 6.45) is 0. The van der Waals surface area contributed by atoms with Gasteiger partial charge in [0.15, 0.2) is 5.82 Å². The molecule has 2 aromatic carbocycles. The molecule has 0 aliphatic heterocycles. The topological polar surface area (TPSA) is 73.3 Å². The Bertz CT molecular complexity index is 862. The molecule has 0 saturated carbocycles. The number of hydrogen-bond acceptors (Lipinski definition) is 6. The third kappa shape index (κ3) is 4.13. The fourth-order valence-corrected chi connectivity index (χ4v) is 2.78. The molecule has 0 atom stereocenters. The lowest BCUT2D eigenvalue weighted by Gasteiger charge is -2.05. The molecule has 25 heavy (non-hydrogen) atoms. The number of hydrogen-bond donors (Lipinski definition) is 1. The Hall–Kier alpha value is -2.93. The van der Waals surface area contributed by atoms with Crippen LogP contribution in [0.15, 0.2) is 48.5 Å². The van der Waals surface area contributed by atoms with Gasteiger partial charge in [0.25, 0.3) is 5.91 Å². The van der Waals surface area contributed by atoms with Crippen LogP contribution in [-0.2, 0) is 0 Å². The van der Waals surface area contributed by atoms with Gasteiger partial charge in [0.05, 0.1) is 13.7 Å². The van der Waals surface area contributed by atoms with E-state index in [1.54, 1.807) is 25.3 Å². The Kier molecular flexibility index (Phi) is 5.25. The van der Waals surface area contributed by atoms with Gasteiger partial charge in [0.1, 0.15) is 11.5 Å². The van der Waals surface area contributed by atoms with E-state index in [9.17, 15) is 4.79 Å². The average Bonchev–Trinajstić information content (AvgIpc) is 3.11. The second-order valence-corrected chi connectivity index (χ2v) is 5.82. The smallest absolute Gasteiger partial charge is 0.257 e. The van der Waals surface area contributed by atoms with Crippen molar-refractivity contribution in [2.75, 3.05) is 19.0 Å². The van der Waals surface area contributed by atoms with Crippen molar-refractivity contribution < 1.29 is 14.3 Å². The number of aromatic nitrogens is 2. The largest absolute Gasteiger partial charge is 0.497 e. The first-order valence-corrected chi connectivity index (χ1v) is 8.49. The van der Waals surface area contributed by atoms with Crippen molar-refractivity contribution in [2.45, 2.75) is 6.92 Å². The van der Waals surface area contributed by atoms with E-state index in [2.05, 4.69) is 14.7 Å². The Morgan fingerprint density at radius 2 is 1.96 bits per heavy atom. The molecule has 0 spiro atoms. The third-order valence-electron chi connectivity index (χ3n) is 3.40. The molecule has 3 aromatic rings. The molecule has 0 saturated heterocycles. The second kappa shape index (κ2) is 7.76. The number of methoxy groups -OCH3 is 1. The predicted molar refractivity (Wildman–Crippen MR) is 97.5 cm³/mol. The van der Waals surface area contributed by atoms with Crippen LogP contribution in [0, 0.1) is 0 Å². The Morgan fingerprint density at radius 1 is 1.16 bits per heavy atom. The van der Waals surface area contributed by atoms with E-state index in [4.69, 9.17) is 9.47 Å². The zero-order valence-electron chi connectivity index (χ0n) is 13.9. The maximum Gasteiger partial charge on any atom is 0.257 e. The molecule has 0 bridgehead atoms. The van der Waals surface area contributed by atoms with E-state index < -0.39 is 0 Å². The Balaban J connectivity index is 1.72. The first kappa shape index (κ1) is 16.9. The summed E-state index contributed by atoms with van der Waals surface area (Å²) in [6.45, 7) is 2.45. The van der Waals surface area contributed by atoms with Gasteiger partial charge in [-0.05, 0) is 49.4 Å². The predicted octanol–water partition coefficient (Wildman–Crippen LogP) is 3.86. The van der Waals surface area contributed by atoms with Crippen molar-refractivity contribution in [3.63, 3.8) is 0 Å². The van der Waals surface area contributed by atoms with Gasteiger partial charge < -0.3 is 9.47 Å².